The Hall–Kier alpha value is -4.10. The van der Waals surface area contributed by atoms with Crippen LogP contribution >= 0.6 is 11.3 Å². The standard InChI is InChI=1S/C23H23N5O6S2/c1-13-14(2)27-34-22(13)28-36(30,31)17-8-5-15(6-9-17)24-21(29)18-12-35-23(26-18)25-16-7-10-19(32-3)20(11-16)33-4/h5-12,28H,1-4H3,(H,24,29)(H,25,26). The van der Waals surface area contributed by atoms with Gasteiger partial charge < -0.3 is 24.6 Å². The lowest BCUT2D eigenvalue weighted by atomic mass is 10.3. The summed E-state index contributed by atoms with van der Waals surface area (Å²) in [6, 6.07) is 11.0. The summed E-state index contributed by atoms with van der Waals surface area (Å²) in [5.74, 6) is 0.780. The third-order valence-corrected chi connectivity index (χ3v) is 7.28. The molecule has 0 aliphatic rings. The number of thiazole rings is 1. The summed E-state index contributed by atoms with van der Waals surface area (Å²) < 4.78 is 43.2. The SMILES string of the molecule is COc1ccc(Nc2nc(C(=O)Nc3ccc(S(=O)(=O)Nc4onc(C)c4C)cc3)cs2)cc1OC. The second kappa shape index (κ2) is 10.3. The first kappa shape index (κ1) is 25.0. The average Bonchev–Trinajstić information content (AvgIpc) is 3.46. The van der Waals surface area contributed by atoms with Gasteiger partial charge in [-0.25, -0.2) is 18.1 Å². The number of sulfonamides is 1. The molecule has 4 aromatic rings. The number of methoxy groups -OCH3 is 2. The molecule has 36 heavy (non-hydrogen) atoms. The van der Waals surface area contributed by atoms with Gasteiger partial charge in [0.05, 0.1) is 24.8 Å². The van der Waals surface area contributed by atoms with Gasteiger partial charge in [-0.05, 0) is 50.2 Å². The fourth-order valence-electron chi connectivity index (χ4n) is 3.08. The number of anilines is 4. The van der Waals surface area contributed by atoms with Crippen LogP contribution in [-0.2, 0) is 10.0 Å². The van der Waals surface area contributed by atoms with Crippen LogP contribution in [-0.4, -0.2) is 38.7 Å². The molecule has 1 amide bonds. The van der Waals surface area contributed by atoms with Crippen molar-refractivity contribution in [2.75, 3.05) is 29.6 Å². The smallest absolute Gasteiger partial charge is 0.275 e. The van der Waals surface area contributed by atoms with E-state index in [0.717, 1.165) is 5.69 Å². The first-order chi connectivity index (χ1) is 17.2. The van der Waals surface area contributed by atoms with E-state index < -0.39 is 15.9 Å². The third-order valence-electron chi connectivity index (χ3n) is 5.18. The maximum atomic E-state index is 12.6. The van der Waals surface area contributed by atoms with Gasteiger partial charge in [-0.2, -0.15) is 0 Å². The predicted octanol–water partition coefficient (Wildman–Crippen LogP) is 4.56. The van der Waals surface area contributed by atoms with Crippen LogP contribution in [0.5, 0.6) is 11.5 Å². The van der Waals surface area contributed by atoms with Crippen molar-refractivity contribution in [2.45, 2.75) is 18.7 Å². The summed E-state index contributed by atoms with van der Waals surface area (Å²) in [6.07, 6.45) is 0. The summed E-state index contributed by atoms with van der Waals surface area (Å²) in [5, 5.41) is 11.7. The molecule has 188 valence electrons. The van der Waals surface area contributed by atoms with Gasteiger partial charge in [-0.15, -0.1) is 11.3 Å². The minimum Gasteiger partial charge on any atom is -0.493 e. The van der Waals surface area contributed by atoms with Crippen molar-refractivity contribution in [3.63, 3.8) is 0 Å². The number of nitrogens with one attached hydrogen (secondary N) is 3. The highest BCUT2D eigenvalue weighted by Gasteiger charge is 2.19. The molecule has 3 N–H and O–H groups in total. The van der Waals surface area contributed by atoms with Crippen molar-refractivity contribution < 1.29 is 27.2 Å². The van der Waals surface area contributed by atoms with E-state index in [1.165, 1.54) is 35.6 Å². The van der Waals surface area contributed by atoms with Crippen LogP contribution in [0.25, 0.3) is 0 Å². The van der Waals surface area contributed by atoms with Crippen LogP contribution in [0.2, 0.25) is 0 Å². The minimum absolute atomic E-state index is 0.00372. The number of aromatic nitrogens is 2. The summed E-state index contributed by atoms with van der Waals surface area (Å²) in [7, 11) is -0.786. The number of rotatable bonds is 9. The van der Waals surface area contributed by atoms with Gasteiger partial charge in [-0.1, -0.05) is 5.16 Å². The predicted molar refractivity (Wildman–Crippen MR) is 136 cm³/mol. The van der Waals surface area contributed by atoms with Gasteiger partial charge in [0.1, 0.15) is 5.69 Å². The topological polar surface area (TPSA) is 145 Å². The zero-order chi connectivity index (χ0) is 25.9. The van der Waals surface area contributed by atoms with E-state index in [1.54, 1.807) is 51.6 Å². The Bertz CT molecular complexity index is 1500. The normalized spacial score (nSPS) is 11.1. The van der Waals surface area contributed by atoms with Gasteiger partial charge in [-0.3, -0.25) is 4.79 Å². The van der Waals surface area contributed by atoms with Crippen LogP contribution in [0.15, 0.2) is 57.3 Å². The molecule has 13 heteroatoms. The number of benzene rings is 2. The lowest BCUT2D eigenvalue weighted by molar-refractivity contribution is 0.102. The first-order valence-corrected chi connectivity index (χ1v) is 12.9. The van der Waals surface area contributed by atoms with E-state index in [9.17, 15) is 13.2 Å². The maximum absolute atomic E-state index is 12.6. The first-order valence-electron chi connectivity index (χ1n) is 10.5. The van der Waals surface area contributed by atoms with Crippen molar-refractivity contribution in [2.24, 2.45) is 0 Å². The minimum atomic E-state index is -3.89. The molecule has 0 spiro atoms. The van der Waals surface area contributed by atoms with Crippen molar-refractivity contribution in [1.82, 2.24) is 10.1 Å². The molecule has 0 saturated carbocycles. The van der Waals surface area contributed by atoms with Crippen LogP contribution in [0.3, 0.4) is 0 Å². The zero-order valence-corrected chi connectivity index (χ0v) is 21.4. The van der Waals surface area contributed by atoms with E-state index in [4.69, 9.17) is 14.0 Å². The number of hydrogen-bond acceptors (Lipinski definition) is 10. The van der Waals surface area contributed by atoms with Crippen LogP contribution in [0.4, 0.5) is 22.4 Å². The molecule has 2 aromatic carbocycles. The quantitative estimate of drug-likeness (QED) is 0.284. The molecule has 0 fully saturated rings. The second-order valence-corrected chi connectivity index (χ2v) is 10.1. The molecule has 0 saturated heterocycles. The van der Waals surface area contributed by atoms with Crippen molar-refractivity contribution >= 4 is 49.7 Å². The summed E-state index contributed by atoms with van der Waals surface area (Å²) in [6.45, 7) is 3.42. The molecular formula is C23H23N5O6S2. The maximum Gasteiger partial charge on any atom is 0.275 e. The summed E-state index contributed by atoms with van der Waals surface area (Å²) in [5.41, 5.74) is 2.53. The fourth-order valence-corrected chi connectivity index (χ4v) is 4.83. The summed E-state index contributed by atoms with van der Waals surface area (Å²) >= 11 is 1.26. The van der Waals surface area contributed by atoms with E-state index in [-0.39, 0.29) is 16.5 Å². The molecule has 2 heterocycles. The molecule has 0 aliphatic heterocycles. The van der Waals surface area contributed by atoms with Gasteiger partial charge >= 0.3 is 0 Å². The highest BCUT2D eigenvalue weighted by atomic mass is 32.2. The Morgan fingerprint density at radius 3 is 2.33 bits per heavy atom. The highest BCUT2D eigenvalue weighted by molar-refractivity contribution is 7.92. The number of carbonyl (C=O) groups excluding carboxylic acids is 1. The molecule has 11 nitrogen and oxygen atoms in total. The Morgan fingerprint density at radius 1 is 1.00 bits per heavy atom. The van der Waals surface area contributed by atoms with Gasteiger partial charge in [0.25, 0.3) is 15.9 Å². The van der Waals surface area contributed by atoms with E-state index in [2.05, 4.69) is 25.5 Å². The lowest BCUT2D eigenvalue weighted by Crippen LogP contribution is -2.14. The number of aryl methyl sites for hydroxylation is 1. The third kappa shape index (κ3) is 5.42. The molecule has 2 aromatic heterocycles. The van der Waals surface area contributed by atoms with Gasteiger partial charge in [0.15, 0.2) is 16.6 Å². The van der Waals surface area contributed by atoms with Crippen molar-refractivity contribution in [3.8, 4) is 11.5 Å². The molecule has 0 unspecified atom stereocenters. The average molecular weight is 530 g/mol. The molecular weight excluding hydrogens is 506 g/mol. The number of carbonyl (C=O) groups is 1. The number of hydrogen-bond donors (Lipinski definition) is 3. The molecule has 0 atom stereocenters. The van der Waals surface area contributed by atoms with Crippen LogP contribution < -0.4 is 24.8 Å². The lowest BCUT2D eigenvalue weighted by Gasteiger charge is -2.09. The number of amides is 1. The van der Waals surface area contributed by atoms with Crippen LogP contribution in [0, 0.1) is 13.8 Å². The fraction of sp³-hybridized carbons (Fsp3) is 0.174. The second-order valence-electron chi connectivity index (χ2n) is 7.54. The monoisotopic (exact) mass is 529 g/mol. The Labute approximate surface area is 211 Å². The van der Waals surface area contributed by atoms with Crippen LogP contribution in [0.1, 0.15) is 21.7 Å². The summed E-state index contributed by atoms with van der Waals surface area (Å²) in [4.78, 5) is 17.0. The van der Waals surface area contributed by atoms with E-state index >= 15 is 0 Å². The van der Waals surface area contributed by atoms with Crippen molar-refractivity contribution in [3.05, 3.63) is 64.8 Å². The molecule has 4 rings (SSSR count). The largest absolute Gasteiger partial charge is 0.493 e. The van der Waals surface area contributed by atoms with Crippen molar-refractivity contribution in [1.29, 1.82) is 0 Å². The number of ether oxygens (including phenoxy) is 2. The van der Waals surface area contributed by atoms with E-state index in [0.29, 0.717) is 33.6 Å². The Morgan fingerprint density at radius 2 is 1.69 bits per heavy atom. The molecule has 0 radical (unpaired) electrons. The van der Waals surface area contributed by atoms with E-state index in [1.807, 2.05) is 0 Å². The zero-order valence-electron chi connectivity index (χ0n) is 19.8. The molecule has 0 bridgehead atoms. The van der Waals surface area contributed by atoms with Gasteiger partial charge in [0, 0.05) is 28.4 Å². The van der Waals surface area contributed by atoms with Gasteiger partial charge in [0.2, 0.25) is 5.88 Å². The Kier molecular flexibility index (Phi) is 7.12. The molecule has 0 aliphatic carbocycles. The number of nitrogens with zero attached hydrogens (tertiary/aromatic N) is 2. The Balaban J connectivity index is 1.40. The highest BCUT2D eigenvalue weighted by Crippen LogP contribution is 2.32.